The Balaban J connectivity index is 1.92. The van der Waals surface area contributed by atoms with E-state index in [4.69, 9.17) is 0 Å². The molecule has 1 fully saturated rings. The molecule has 0 radical (unpaired) electrons. The summed E-state index contributed by atoms with van der Waals surface area (Å²) in [5.41, 5.74) is -0.143. The summed E-state index contributed by atoms with van der Waals surface area (Å²) in [6.07, 6.45) is 5.44. The number of fused-ring (bicyclic) bond motifs is 1. The highest BCUT2D eigenvalue weighted by atomic mass is 32.1. The fourth-order valence-electron chi connectivity index (χ4n) is 2.65. The van der Waals surface area contributed by atoms with Gasteiger partial charge in [-0.15, -0.1) is 5.10 Å². The van der Waals surface area contributed by atoms with Gasteiger partial charge in [0, 0.05) is 25.7 Å². The number of nitrogens with zero attached hydrogens (tertiary/aromatic N) is 4. The Morgan fingerprint density at radius 2 is 2.13 bits per heavy atom. The highest BCUT2D eigenvalue weighted by Gasteiger charge is 2.19. The lowest BCUT2D eigenvalue weighted by Gasteiger charge is -2.25. The minimum atomic E-state index is -0.403. The molecule has 3 rings (SSSR count). The standard InChI is InChI=1S/C15H21N5O2S/c1-2-3-7-16-13(22)11-10-12(21)17-14-20(11)18-15(23-14)19-8-5-4-6-9-19/h10H,2-9H2,1H3,(H,16,22). The average molecular weight is 335 g/mol. The topological polar surface area (TPSA) is 79.6 Å². The van der Waals surface area contributed by atoms with Gasteiger partial charge in [0.25, 0.3) is 11.5 Å². The molecule has 0 unspecified atom stereocenters. The molecule has 0 atom stereocenters. The third-order valence-electron chi connectivity index (χ3n) is 3.92. The SMILES string of the molecule is CCCCNC(=O)c1cc(=O)nc2sc(N3CCCCC3)nn12. The van der Waals surface area contributed by atoms with Crippen molar-refractivity contribution in [3.63, 3.8) is 0 Å². The molecule has 124 valence electrons. The van der Waals surface area contributed by atoms with Gasteiger partial charge in [-0.2, -0.15) is 9.50 Å². The van der Waals surface area contributed by atoms with Crippen molar-refractivity contribution in [1.82, 2.24) is 19.9 Å². The molecular weight excluding hydrogens is 314 g/mol. The maximum Gasteiger partial charge on any atom is 0.274 e. The summed E-state index contributed by atoms with van der Waals surface area (Å²) in [5, 5.41) is 8.18. The quantitative estimate of drug-likeness (QED) is 0.841. The molecule has 1 saturated heterocycles. The van der Waals surface area contributed by atoms with Crippen LogP contribution >= 0.6 is 11.3 Å². The predicted molar refractivity (Wildman–Crippen MR) is 90.4 cm³/mol. The largest absolute Gasteiger partial charge is 0.351 e. The van der Waals surface area contributed by atoms with Crippen molar-refractivity contribution < 1.29 is 4.79 Å². The summed E-state index contributed by atoms with van der Waals surface area (Å²) in [6, 6.07) is 1.26. The Bertz CT molecular complexity index is 748. The van der Waals surface area contributed by atoms with E-state index in [1.807, 2.05) is 0 Å². The van der Waals surface area contributed by atoms with Gasteiger partial charge in [0.2, 0.25) is 10.1 Å². The first kappa shape index (κ1) is 15.9. The van der Waals surface area contributed by atoms with Gasteiger partial charge in [-0.1, -0.05) is 24.7 Å². The van der Waals surface area contributed by atoms with Crippen LogP contribution in [0.15, 0.2) is 10.9 Å². The fraction of sp³-hybridized carbons (Fsp3) is 0.600. The van der Waals surface area contributed by atoms with Crippen LogP contribution in [-0.4, -0.2) is 40.1 Å². The summed E-state index contributed by atoms with van der Waals surface area (Å²) in [7, 11) is 0. The smallest absolute Gasteiger partial charge is 0.274 e. The molecule has 1 amide bonds. The van der Waals surface area contributed by atoms with Gasteiger partial charge in [0.05, 0.1) is 0 Å². The number of hydrogen-bond donors (Lipinski definition) is 1. The number of anilines is 1. The van der Waals surface area contributed by atoms with Gasteiger partial charge < -0.3 is 10.2 Å². The zero-order valence-electron chi connectivity index (χ0n) is 13.2. The molecule has 0 saturated carbocycles. The van der Waals surface area contributed by atoms with Gasteiger partial charge in [-0.3, -0.25) is 9.59 Å². The van der Waals surface area contributed by atoms with Gasteiger partial charge in [-0.25, -0.2) is 0 Å². The second-order valence-corrected chi connectivity index (χ2v) is 6.65. The summed E-state index contributed by atoms with van der Waals surface area (Å²) >= 11 is 1.36. The van der Waals surface area contributed by atoms with Crippen molar-refractivity contribution >= 4 is 27.3 Å². The van der Waals surface area contributed by atoms with E-state index in [1.165, 1.54) is 28.3 Å². The molecule has 3 heterocycles. The number of aromatic nitrogens is 3. The summed E-state index contributed by atoms with van der Waals surface area (Å²) in [5.74, 6) is -0.275. The molecule has 0 aromatic carbocycles. The molecule has 23 heavy (non-hydrogen) atoms. The molecule has 1 N–H and O–H groups in total. The molecule has 0 spiro atoms. The lowest BCUT2D eigenvalue weighted by atomic mass is 10.1. The third-order valence-corrected chi connectivity index (χ3v) is 4.89. The average Bonchev–Trinajstić information content (AvgIpc) is 2.98. The van der Waals surface area contributed by atoms with E-state index in [9.17, 15) is 9.59 Å². The highest BCUT2D eigenvalue weighted by molar-refractivity contribution is 7.20. The zero-order valence-corrected chi connectivity index (χ0v) is 14.1. The molecule has 2 aromatic heterocycles. The van der Waals surface area contributed by atoms with Gasteiger partial charge in [0.1, 0.15) is 5.69 Å². The summed E-state index contributed by atoms with van der Waals surface area (Å²) in [4.78, 5) is 30.8. The Morgan fingerprint density at radius 1 is 1.35 bits per heavy atom. The maximum absolute atomic E-state index is 12.3. The first-order chi connectivity index (χ1) is 11.2. The molecule has 1 aliphatic rings. The van der Waals surface area contributed by atoms with Crippen LogP contribution in [0, 0.1) is 0 Å². The number of unbranched alkanes of at least 4 members (excludes halogenated alkanes) is 1. The number of piperidine rings is 1. The van der Waals surface area contributed by atoms with Crippen LogP contribution in [0.3, 0.4) is 0 Å². The lowest BCUT2D eigenvalue weighted by Crippen LogP contribution is -2.30. The number of nitrogens with one attached hydrogen (secondary N) is 1. The van der Waals surface area contributed by atoms with E-state index in [2.05, 4.69) is 27.2 Å². The van der Waals surface area contributed by atoms with Gasteiger partial charge >= 0.3 is 0 Å². The number of amides is 1. The first-order valence-corrected chi connectivity index (χ1v) is 8.95. The van der Waals surface area contributed by atoms with Crippen molar-refractivity contribution in [1.29, 1.82) is 0 Å². The molecule has 0 aliphatic carbocycles. The normalized spacial score (nSPS) is 15.1. The first-order valence-electron chi connectivity index (χ1n) is 8.13. The molecule has 1 aliphatic heterocycles. The second kappa shape index (κ2) is 7.08. The minimum absolute atomic E-state index is 0.260. The van der Waals surface area contributed by atoms with Gasteiger partial charge in [0.15, 0.2) is 0 Å². The minimum Gasteiger partial charge on any atom is -0.351 e. The maximum atomic E-state index is 12.3. The predicted octanol–water partition coefficient (Wildman–Crippen LogP) is 1.67. The molecule has 2 aromatic rings. The molecule has 7 nitrogen and oxygen atoms in total. The summed E-state index contributed by atoms with van der Waals surface area (Å²) in [6.45, 7) is 4.58. The molecular formula is C15H21N5O2S. The summed E-state index contributed by atoms with van der Waals surface area (Å²) < 4.78 is 1.50. The Hall–Kier alpha value is -1.96. The second-order valence-electron chi connectivity index (χ2n) is 5.72. The number of carbonyl (C=O) groups excluding carboxylic acids is 1. The monoisotopic (exact) mass is 335 g/mol. The Morgan fingerprint density at radius 3 is 2.87 bits per heavy atom. The Kier molecular flexibility index (Phi) is 4.90. The van der Waals surface area contributed by atoms with E-state index in [0.717, 1.165) is 43.9 Å². The van der Waals surface area contributed by atoms with Crippen LogP contribution < -0.4 is 15.8 Å². The zero-order chi connectivity index (χ0) is 16.2. The number of rotatable bonds is 5. The van der Waals surface area contributed by atoms with Crippen LogP contribution in [0.1, 0.15) is 49.5 Å². The molecule has 8 heteroatoms. The van der Waals surface area contributed by atoms with E-state index in [-0.39, 0.29) is 11.6 Å². The van der Waals surface area contributed by atoms with E-state index < -0.39 is 5.56 Å². The van der Waals surface area contributed by atoms with Crippen LogP contribution in [-0.2, 0) is 0 Å². The fourth-order valence-corrected chi connectivity index (χ4v) is 3.61. The van der Waals surface area contributed by atoms with Crippen molar-refractivity contribution in [2.45, 2.75) is 39.0 Å². The van der Waals surface area contributed by atoms with Crippen molar-refractivity contribution in [3.05, 3.63) is 22.1 Å². The van der Waals surface area contributed by atoms with E-state index >= 15 is 0 Å². The van der Waals surface area contributed by atoms with Crippen LogP contribution in [0.4, 0.5) is 5.13 Å². The lowest BCUT2D eigenvalue weighted by molar-refractivity contribution is 0.0945. The Labute approximate surface area is 138 Å². The van der Waals surface area contributed by atoms with E-state index in [1.54, 1.807) is 0 Å². The van der Waals surface area contributed by atoms with E-state index in [0.29, 0.717) is 11.5 Å². The number of carbonyl (C=O) groups is 1. The highest BCUT2D eigenvalue weighted by Crippen LogP contribution is 2.25. The van der Waals surface area contributed by atoms with Crippen molar-refractivity contribution in [2.75, 3.05) is 24.5 Å². The van der Waals surface area contributed by atoms with Crippen molar-refractivity contribution in [2.24, 2.45) is 0 Å². The van der Waals surface area contributed by atoms with Crippen molar-refractivity contribution in [3.8, 4) is 0 Å². The third kappa shape index (κ3) is 3.52. The van der Waals surface area contributed by atoms with Crippen LogP contribution in [0.25, 0.3) is 4.96 Å². The van der Waals surface area contributed by atoms with Gasteiger partial charge in [-0.05, 0) is 25.7 Å². The van der Waals surface area contributed by atoms with Crippen LogP contribution in [0.2, 0.25) is 0 Å². The van der Waals surface area contributed by atoms with Crippen LogP contribution in [0.5, 0.6) is 0 Å². The number of hydrogen-bond acceptors (Lipinski definition) is 6. The molecule has 0 bridgehead atoms.